The van der Waals surface area contributed by atoms with Gasteiger partial charge in [-0.15, -0.1) is 0 Å². The predicted molar refractivity (Wildman–Crippen MR) is 182 cm³/mol. The first-order valence-electron chi connectivity index (χ1n) is 15.0. The Balaban J connectivity index is 1.26. The molecule has 0 unspecified atom stereocenters. The van der Waals surface area contributed by atoms with Gasteiger partial charge in [-0.25, -0.2) is 15.0 Å². The Morgan fingerprint density at radius 1 is 0.522 bits per heavy atom. The Bertz CT molecular complexity index is 2590. The number of fused-ring (bicyclic) bond motifs is 7. The minimum absolute atomic E-state index is 0.502. The first-order chi connectivity index (χ1) is 22.8. The van der Waals surface area contributed by atoms with Gasteiger partial charge in [0.25, 0.3) is 0 Å². The van der Waals surface area contributed by atoms with Crippen LogP contribution in [0.4, 0.5) is 0 Å². The number of para-hydroxylation sites is 2. The summed E-state index contributed by atoms with van der Waals surface area (Å²) < 4.78 is 8.60. The third-order valence-electron chi connectivity index (χ3n) is 8.50. The maximum atomic E-state index is 10.5. The van der Waals surface area contributed by atoms with E-state index in [0.717, 1.165) is 66.1 Å². The van der Waals surface area contributed by atoms with Crippen molar-refractivity contribution in [2.45, 2.75) is 0 Å². The molecule has 0 aliphatic heterocycles. The Hall–Kier alpha value is -6.58. The molecule has 6 nitrogen and oxygen atoms in total. The number of hydrogen-bond donors (Lipinski definition) is 0. The number of furan rings is 1. The Morgan fingerprint density at radius 2 is 1.13 bits per heavy atom. The molecule has 0 N–H and O–H groups in total. The molecule has 3 heterocycles. The maximum absolute atomic E-state index is 10.5. The Labute approximate surface area is 263 Å². The summed E-state index contributed by atoms with van der Waals surface area (Å²) in [6.45, 7) is 0. The van der Waals surface area contributed by atoms with Crippen LogP contribution < -0.4 is 0 Å². The molecule has 6 aromatic carbocycles. The molecule has 0 saturated heterocycles. The average Bonchev–Trinajstić information content (AvgIpc) is 3.68. The molecule has 9 rings (SSSR count). The lowest BCUT2D eigenvalue weighted by Crippen LogP contribution is -2.02. The molecule has 9 aromatic rings. The van der Waals surface area contributed by atoms with E-state index in [0.29, 0.717) is 23.0 Å². The summed E-state index contributed by atoms with van der Waals surface area (Å²) in [5.41, 5.74) is 7.45. The highest BCUT2D eigenvalue weighted by Crippen LogP contribution is 2.41. The minimum Gasteiger partial charge on any atom is -0.455 e. The predicted octanol–water partition coefficient (Wildman–Crippen LogP) is 9.74. The van der Waals surface area contributed by atoms with Gasteiger partial charge in [-0.2, -0.15) is 5.26 Å². The van der Waals surface area contributed by atoms with Crippen LogP contribution in [0.1, 0.15) is 5.56 Å². The highest BCUT2D eigenvalue weighted by Gasteiger charge is 2.21. The molecule has 0 fully saturated rings. The van der Waals surface area contributed by atoms with Crippen molar-refractivity contribution >= 4 is 43.7 Å². The van der Waals surface area contributed by atoms with Crippen molar-refractivity contribution in [2.75, 3.05) is 0 Å². The fourth-order valence-electron chi connectivity index (χ4n) is 6.39. The van der Waals surface area contributed by atoms with Crippen molar-refractivity contribution in [3.63, 3.8) is 0 Å². The van der Waals surface area contributed by atoms with E-state index in [1.54, 1.807) is 0 Å². The fourth-order valence-corrected chi connectivity index (χ4v) is 6.39. The summed E-state index contributed by atoms with van der Waals surface area (Å²) in [4.78, 5) is 14.6. The van der Waals surface area contributed by atoms with Crippen LogP contribution in [0.25, 0.3) is 83.6 Å². The molecule has 6 heteroatoms. The van der Waals surface area contributed by atoms with Gasteiger partial charge >= 0.3 is 0 Å². The Kier molecular flexibility index (Phi) is 5.77. The van der Waals surface area contributed by atoms with Crippen LogP contribution in [-0.2, 0) is 0 Å². The van der Waals surface area contributed by atoms with E-state index in [1.165, 1.54) is 0 Å². The number of nitrogens with zero attached hydrogens (tertiary/aromatic N) is 5. The van der Waals surface area contributed by atoms with Gasteiger partial charge in [0, 0.05) is 32.8 Å². The monoisotopic (exact) mass is 589 g/mol. The van der Waals surface area contributed by atoms with E-state index in [2.05, 4.69) is 41.0 Å². The summed E-state index contributed by atoms with van der Waals surface area (Å²) in [6.07, 6.45) is 0. The number of benzene rings is 6. The van der Waals surface area contributed by atoms with Gasteiger partial charge in [-0.3, -0.25) is 0 Å². The van der Waals surface area contributed by atoms with E-state index in [-0.39, 0.29) is 0 Å². The number of nitriles is 1. The van der Waals surface area contributed by atoms with E-state index in [4.69, 9.17) is 19.4 Å². The first kappa shape index (κ1) is 25.9. The molecule has 0 aliphatic carbocycles. The molecule has 0 bridgehead atoms. The van der Waals surface area contributed by atoms with Gasteiger partial charge in [0.05, 0.1) is 27.7 Å². The third-order valence-corrected chi connectivity index (χ3v) is 8.50. The van der Waals surface area contributed by atoms with Crippen LogP contribution in [-0.4, -0.2) is 19.5 Å². The van der Waals surface area contributed by atoms with Crippen molar-refractivity contribution in [3.8, 4) is 45.9 Å². The van der Waals surface area contributed by atoms with E-state index in [9.17, 15) is 5.26 Å². The second kappa shape index (κ2) is 10.3. The maximum Gasteiger partial charge on any atom is 0.164 e. The van der Waals surface area contributed by atoms with Crippen LogP contribution in [0.3, 0.4) is 0 Å². The SMILES string of the molecule is N#Cc1cc(-c2nc(-c3ccccc3)nc(-c3ccccc3)n2)ccc1-n1c2ccccc2c2c3oc4ccccc4c3ccc21. The lowest BCUT2D eigenvalue weighted by atomic mass is 10.1. The van der Waals surface area contributed by atoms with Crippen LogP contribution in [0, 0.1) is 11.3 Å². The Morgan fingerprint density at radius 3 is 1.83 bits per heavy atom. The quantitative estimate of drug-likeness (QED) is 0.204. The van der Waals surface area contributed by atoms with E-state index >= 15 is 0 Å². The van der Waals surface area contributed by atoms with Gasteiger partial charge in [0.1, 0.15) is 17.2 Å². The summed E-state index contributed by atoms with van der Waals surface area (Å²) in [7, 11) is 0. The molecular formula is C40H23N5O. The zero-order chi connectivity index (χ0) is 30.6. The lowest BCUT2D eigenvalue weighted by Gasteiger charge is -2.12. The molecule has 0 atom stereocenters. The molecule has 0 spiro atoms. The standard InChI is InChI=1S/C40H23N5O/c41-24-28-23-27(40-43-38(25-11-3-1-4-12-25)42-39(44-40)26-13-5-2-6-14-26)19-21-32(28)45-33-17-9-7-16-31(33)36-34(45)22-20-30-29-15-8-10-18-35(29)46-37(30)36/h1-23H. The smallest absolute Gasteiger partial charge is 0.164 e. The molecule has 0 aliphatic rings. The average molecular weight is 590 g/mol. The van der Waals surface area contributed by atoms with Crippen molar-refractivity contribution in [1.82, 2.24) is 19.5 Å². The van der Waals surface area contributed by atoms with Crippen LogP contribution in [0.2, 0.25) is 0 Å². The highest BCUT2D eigenvalue weighted by molar-refractivity contribution is 6.23. The topological polar surface area (TPSA) is 80.5 Å². The van der Waals surface area contributed by atoms with Crippen molar-refractivity contribution in [1.29, 1.82) is 5.26 Å². The zero-order valence-electron chi connectivity index (χ0n) is 24.4. The second-order valence-electron chi connectivity index (χ2n) is 11.2. The largest absolute Gasteiger partial charge is 0.455 e. The summed E-state index contributed by atoms with van der Waals surface area (Å²) in [5, 5.41) is 14.8. The van der Waals surface area contributed by atoms with Gasteiger partial charge < -0.3 is 8.98 Å². The van der Waals surface area contributed by atoms with Crippen LogP contribution in [0.15, 0.2) is 144 Å². The van der Waals surface area contributed by atoms with Crippen molar-refractivity contribution in [2.24, 2.45) is 0 Å². The molecule has 46 heavy (non-hydrogen) atoms. The second-order valence-corrected chi connectivity index (χ2v) is 11.2. The van der Waals surface area contributed by atoms with E-state index in [1.807, 2.05) is 109 Å². The van der Waals surface area contributed by atoms with Gasteiger partial charge in [0.15, 0.2) is 17.5 Å². The van der Waals surface area contributed by atoms with Crippen LogP contribution >= 0.6 is 0 Å². The number of aromatic nitrogens is 4. The van der Waals surface area contributed by atoms with Gasteiger partial charge in [-0.05, 0) is 42.5 Å². The first-order valence-corrected chi connectivity index (χ1v) is 15.0. The summed E-state index contributed by atoms with van der Waals surface area (Å²) in [5.74, 6) is 1.65. The number of rotatable bonds is 4. The molecule has 214 valence electrons. The molecule has 0 amide bonds. The fraction of sp³-hybridized carbons (Fsp3) is 0. The third kappa shape index (κ3) is 4.00. The molecule has 0 saturated carbocycles. The molecule has 3 aromatic heterocycles. The molecule has 0 radical (unpaired) electrons. The summed E-state index contributed by atoms with van der Waals surface area (Å²) in [6, 6.07) is 48.6. The minimum atomic E-state index is 0.502. The molecular weight excluding hydrogens is 566 g/mol. The van der Waals surface area contributed by atoms with Crippen molar-refractivity contribution < 1.29 is 4.42 Å². The number of hydrogen-bond acceptors (Lipinski definition) is 5. The highest BCUT2D eigenvalue weighted by atomic mass is 16.3. The lowest BCUT2D eigenvalue weighted by molar-refractivity contribution is 0.673. The normalized spacial score (nSPS) is 11.5. The van der Waals surface area contributed by atoms with Gasteiger partial charge in [-0.1, -0.05) is 97.1 Å². The zero-order valence-corrected chi connectivity index (χ0v) is 24.4. The van der Waals surface area contributed by atoms with Crippen LogP contribution in [0.5, 0.6) is 0 Å². The van der Waals surface area contributed by atoms with E-state index < -0.39 is 0 Å². The van der Waals surface area contributed by atoms with Crippen molar-refractivity contribution in [3.05, 3.63) is 145 Å². The van der Waals surface area contributed by atoms with Gasteiger partial charge in [0.2, 0.25) is 0 Å². The summed E-state index contributed by atoms with van der Waals surface area (Å²) >= 11 is 0.